The van der Waals surface area contributed by atoms with E-state index in [4.69, 9.17) is 5.73 Å². The first-order chi connectivity index (χ1) is 11.9. The summed E-state index contributed by atoms with van der Waals surface area (Å²) in [5.74, 6) is 0. The van der Waals surface area contributed by atoms with Gasteiger partial charge in [0.15, 0.2) is 0 Å². The van der Waals surface area contributed by atoms with Crippen LogP contribution in [0.1, 0.15) is 17.5 Å². The summed E-state index contributed by atoms with van der Waals surface area (Å²) in [5, 5.41) is 0. The second kappa shape index (κ2) is 9.05. The lowest BCUT2D eigenvalue weighted by Crippen LogP contribution is -2.38. The van der Waals surface area contributed by atoms with Gasteiger partial charge in [0, 0.05) is 0 Å². The SMILES string of the molecule is C=C/C=C(/C=C/CCc1ccc(NS(C)(=O)=O)c(C)c1)C(N)C(F)(F)F. The van der Waals surface area contributed by atoms with E-state index in [9.17, 15) is 21.6 Å². The second-order valence-electron chi connectivity index (χ2n) is 5.89. The van der Waals surface area contributed by atoms with Crippen molar-refractivity contribution in [1.82, 2.24) is 0 Å². The third-order valence-corrected chi connectivity index (χ3v) is 4.11. The highest BCUT2D eigenvalue weighted by Crippen LogP contribution is 2.24. The maximum Gasteiger partial charge on any atom is 0.407 e. The van der Waals surface area contributed by atoms with Crippen molar-refractivity contribution in [3.63, 3.8) is 0 Å². The Bertz CT molecular complexity index is 797. The van der Waals surface area contributed by atoms with E-state index in [1.807, 2.05) is 6.07 Å². The van der Waals surface area contributed by atoms with Gasteiger partial charge in [0.05, 0.1) is 11.9 Å². The number of anilines is 1. The average molecular weight is 388 g/mol. The summed E-state index contributed by atoms with van der Waals surface area (Å²) in [6, 6.07) is 3.22. The van der Waals surface area contributed by atoms with Gasteiger partial charge in [-0.15, -0.1) is 0 Å². The van der Waals surface area contributed by atoms with E-state index < -0.39 is 22.2 Å². The molecule has 1 aromatic carbocycles. The van der Waals surface area contributed by atoms with Gasteiger partial charge in [-0.25, -0.2) is 8.42 Å². The minimum atomic E-state index is -4.52. The van der Waals surface area contributed by atoms with Gasteiger partial charge in [-0.1, -0.05) is 43.0 Å². The van der Waals surface area contributed by atoms with Crippen LogP contribution in [0.4, 0.5) is 18.9 Å². The highest BCUT2D eigenvalue weighted by molar-refractivity contribution is 7.92. The van der Waals surface area contributed by atoms with E-state index in [2.05, 4.69) is 11.3 Å². The van der Waals surface area contributed by atoms with Crippen molar-refractivity contribution in [2.75, 3.05) is 11.0 Å². The number of allylic oxidation sites excluding steroid dienone is 3. The molecule has 3 N–H and O–H groups in total. The Balaban J connectivity index is 2.74. The third kappa shape index (κ3) is 7.45. The number of halogens is 3. The van der Waals surface area contributed by atoms with Crippen LogP contribution in [-0.4, -0.2) is 26.9 Å². The number of sulfonamides is 1. The molecular formula is C18H23F3N2O2S. The fourth-order valence-electron chi connectivity index (χ4n) is 2.25. The lowest BCUT2D eigenvalue weighted by Gasteiger charge is -2.16. The Hall–Kier alpha value is -2.06. The average Bonchev–Trinajstić information content (AvgIpc) is 2.50. The van der Waals surface area contributed by atoms with Crippen LogP contribution in [0.2, 0.25) is 0 Å². The van der Waals surface area contributed by atoms with E-state index in [1.54, 1.807) is 25.1 Å². The smallest absolute Gasteiger partial charge is 0.316 e. The Morgan fingerprint density at radius 3 is 2.54 bits per heavy atom. The summed E-state index contributed by atoms with van der Waals surface area (Å²) in [6.07, 6.45) is 3.15. The van der Waals surface area contributed by atoms with Crippen LogP contribution in [0.3, 0.4) is 0 Å². The van der Waals surface area contributed by atoms with Crippen molar-refractivity contribution < 1.29 is 21.6 Å². The number of alkyl halides is 3. The zero-order chi connectivity index (χ0) is 20.0. The van der Waals surface area contributed by atoms with Crippen LogP contribution in [0.25, 0.3) is 0 Å². The molecule has 0 heterocycles. The quantitative estimate of drug-likeness (QED) is 0.665. The number of hydrogen-bond donors (Lipinski definition) is 2. The Morgan fingerprint density at radius 2 is 2.04 bits per heavy atom. The highest BCUT2D eigenvalue weighted by atomic mass is 32.2. The minimum Gasteiger partial charge on any atom is -0.316 e. The minimum absolute atomic E-state index is 0.0589. The van der Waals surface area contributed by atoms with Crippen molar-refractivity contribution in [1.29, 1.82) is 0 Å². The summed E-state index contributed by atoms with van der Waals surface area (Å²) in [5.41, 5.74) is 7.37. The number of benzene rings is 1. The molecule has 0 bridgehead atoms. The fraction of sp³-hybridized carbons (Fsp3) is 0.333. The van der Waals surface area contributed by atoms with Gasteiger partial charge in [-0.3, -0.25) is 4.72 Å². The van der Waals surface area contributed by atoms with E-state index in [-0.39, 0.29) is 5.57 Å². The van der Waals surface area contributed by atoms with Crippen LogP contribution in [-0.2, 0) is 16.4 Å². The topological polar surface area (TPSA) is 72.2 Å². The molecule has 0 amide bonds. The zero-order valence-corrected chi connectivity index (χ0v) is 15.5. The number of hydrogen-bond acceptors (Lipinski definition) is 3. The number of nitrogens with two attached hydrogens (primary N) is 1. The van der Waals surface area contributed by atoms with Crippen molar-refractivity contribution in [3.05, 3.63) is 65.8 Å². The molecule has 1 atom stereocenters. The van der Waals surface area contributed by atoms with Crippen molar-refractivity contribution in [3.8, 4) is 0 Å². The predicted octanol–water partition coefficient (Wildman–Crippen LogP) is 3.86. The number of aryl methyl sites for hydroxylation is 2. The van der Waals surface area contributed by atoms with E-state index >= 15 is 0 Å². The van der Waals surface area contributed by atoms with Crippen LogP contribution >= 0.6 is 0 Å². The van der Waals surface area contributed by atoms with Gasteiger partial charge in [-0.2, -0.15) is 13.2 Å². The molecule has 0 saturated heterocycles. The normalized spacial score (nSPS) is 14.5. The maximum atomic E-state index is 12.7. The molecule has 144 valence electrons. The first kappa shape index (κ1) is 22.0. The molecule has 0 aliphatic heterocycles. The summed E-state index contributed by atoms with van der Waals surface area (Å²) < 4.78 is 63.1. The summed E-state index contributed by atoms with van der Waals surface area (Å²) in [7, 11) is -3.35. The molecule has 0 aromatic heterocycles. The van der Waals surface area contributed by atoms with Crippen molar-refractivity contribution >= 4 is 15.7 Å². The summed E-state index contributed by atoms with van der Waals surface area (Å²) in [6.45, 7) is 5.18. The molecule has 0 aliphatic rings. The predicted molar refractivity (Wildman–Crippen MR) is 99.4 cm³/mol. The van der Waals surface area contributed by atoms with Gasteiger partial charge in [-0.05, 0) is 42.5 Å². The molecule has 26 heavy (non-hydrogen) atoms. The van der Waals surface area contributed by atoms with E-state index in [0.717, 1.165) is 17.4 Å². The Morgan fingerprint density at radius 1 is 1.38 bits per heavy atom. The molecule has 8 heteroatoms. The molecule has 1 rings (SSSR count). The summed E-state index contributed by atoms with van der Waals surface area (Å²) >= 11 is 0. The standard InChI is InChI=1S/C18H23F3N2O2S/c1-4-7-15(17(22)18(19,20)21)9-6-5-8-14-10-11-16(13(2)12-14)23-26(3,24)25/h4,6-7,9-12,17,23H,1,5,8,22H2,2-3H3/b9-6+,15-7-. The van der Waals surface area contributed by atoms with Crippen LogP contribution in [0.15, 0.2) is 54.7 Å². The van der Waals surface area contributed by atoms with Crippen LogP contribution in [0.5, 0.6) is 0 Å². The molecule has 1 unspecified atom stereocenters. The van der Waals surface area contributed by atoms with Crippen molar-refractivity contribution in [2.45, 2.75) is 32.0 Å². The maximum absolute atomic E-state index is 12.7. The molecule has 0 saturated carbocycles. The lowest BCUT2D eigenvalue weighted by atomic mass is 10.0. The molecule has 0 aliphatic carbocycles. The largest absolute Gasteiger partial charge is 0.407 e. The van der Waals surface area contributed by atoms with Gasteiger partial charge in [0.1, 0.15) is 6.04 Å². The van der Waals surface area contributed by atoms with E-state index in [1.165, 1.54) is 18.2 Å². The molecule has 0 radical (unpaired) electrons. The number of nitrogens with one attached hydrogen (secondary N) is 1. The van der Waals surface area contributed by atoms with E-state index in [0.29, 0.717) is 18.5 Å². The Labute approximate surface area is 152 Å². The first-order valence-corrected chi connectivity index (χ1v) is 9.72. The fourth-order valence-corrected chi connectivity index (χ4v) is 2.88. The molecule has 0 spiro atoms. The highest BCUT2D eigenvalue weighted by Gasteiger charge is 2.38. The lowest BCUT2D eigenvalue weighted by molar-refractivity contribution is -0.138. The summed E-state index contributed by atoms with van der Waals surface area (Å²) in [4.78, 5) is 0. The van der Waals surface area contributed by atoms with Gasteiger partial charge < -0.3 is 5.73 Å². The number of rotatable bonds is 8. The molecule has 0 fully saturated rings. The van der Waals surface area contributed by atoms with Gasteiger partial charge in [0.2, 0.25) is 10.0 Å². The van der Waals surface area contributed by atoms with Gasteiger partial charge in [0.25, 0.3) is 0 Å². The first-order valence-electron chi connectivity index (χ1n) is 7.83. The van der Waals surface area contributed by atoms with Crippen LogP contribution < -0.4 is 10.5 Å². The van der Waals surface area contributed by atoms with Crippen LogP contribution in [0, 0.1) is 6.92 Å². The second-order valence-corrected chi connectivity index (χ2v) is 7.63. The zero-order valence-electron chi connectivity index (χ0n) is 14.7. The molecular weight excluding hydrogens is 365 g/mol. The molecule has 1 aromatic rings. The van der Waals surface area contributed by atoms with Gasteiger partial charge >= 0.3 is 6.18 Å². The monoisotopic (exact) mass is 388 g/mol. The van der Waals surface area contributed by atoms with Crippen molar-refractivity contribution in [2.24, 2.45) is 5.73 Å². The Kier molecular flexibility index (Phi) is 7.65. The third-order valence-electron chi connectivity index (χ3n) is 3.52. The molecule has 4 nitrogen and oxygen atoms in total.